The van der Waals surface area contributed by atoms with Crippen LogP contribution in [0.2, 0.25) is 5.02 Å². The molecule has 1 aliphatic rings. The standard InChI is InChI=1S/C12H16ClFN2.ClH/c13-11-2-1-9(14)7-10(11)12(15)8-3-5-16-6-4-8;/h1-2,7-8,12,16H,3-6,15H2;1H/t12-;/m1./s1. The Hall–Kier alpha value is -0.350. The first kappa shape index (κ1) is 14.7. The SMILES string of the molecule is Cl.N[C@@H](c1cc(F)ccc1Cl)C1CCNCC1. The fourth-order valence-corrected chi connectivity index (χ4v) is 2.47. The number of nitrogens with two attached hydrogens (primary N) is 1. The minimum absolute atomic E-state index is 0. The molecule has 5 heteroatoms. The third-order valence-electron chi connectivity index (χ3n) is 3.21. The molecule has 0 saturated carbocycles. The summed E-state index contributed by atoms with van der Waals surface area (Å²) in [6.45, 7) is 1.95. The van der Waals surface area contributed by atoms with Crippen LogP contribution in [0.15, 0.2) is 18.2 Å². The van der Waals surface area contributed by atoms with Crippen molar-refractivity contribution in [2.24, 2.45) is 11.7 Å². The van der Waals surface area contributed by atoms with Crippen LogP contribution in [0.1, 0.15) is 24.4 Å². The maximum Gasteiger partial charge on any atom is 0.123 e. The molecule has 1 fully saturated rings. The van der Waals surface area contributed by atoms with Gasteiger partial charge in [0.25, 0.3) is 0 Å². The Morgan fingerprint density at radius 3 is 2.65 bits per heavy atom. The van der Waals surface area contributed by atoms with E-state index in [-0.39, 0.29) is 24.3 Å². The van der Waals surface area contributed by atoms with Crippen molar-refractivity contribution in [1.82, 2.24) is 5.32 Å². The van der Waals surface area contributed by atoms with Gasteiger partial charge in [-0.15, -0.1) is 12.4 Å². The summed E-state index contributed by atoms with van der Waals surface area (Å²) < 4.78 is 13.1. The van der Waals surface area contributed by atoms with Crippen LogP contribution in [0.4, 0.5) is 4.39 Å². The van der Waals surface area contributed by atoms with Gasteiger partial charge in [-0.3, -0.25) is 0 Å². The molecule has 1 heterocycles. The quantitative estimate of drug-likeness (QED) is 0.873. The Morgan fingerprint density at radius 1 is 1.35 bits per heavy atom. The Morgan fingerprint density at radius 2 is 2.00 bits per heavy atom. The smallest absolute Gasteiger partial charge is 0.123 e. The molecule has 1 aromatic rings. The first-order valence-corrected chi connectivity index (χ1v) is 5.97. The molecule has 96 valence electrons. The summed E-state index contributed by atoms with van der Waals surface area (Å²) in [5.74, 6) is 0.115. The van der Waals surface area contributed by atoms with Crippen LogP contribution >= 0.6 is 24.0 Å². The molecule has 0 radical (unpaired) electrons. The molecule has 2 rings (SSSR count). The van der Waals surface area contributed by atoms with Crippen LogP contribution in [0, 0.1) is 11.7 Å². The molecule has 17 heavy (non-hydrogen) atoms. The lowest BCUT2D eigenvalue weighted by Gasteiger charge is -2.28. The third kappa shape index (κ3) is 3.55. The van der Waals surface area contributed by atoms with E-state index < -0.39 is 0 Å². The molecule has 0 spiro atoms. The average molecular weight is 279 g/mol. The van der Waals surface area contributed by atoms with Gasteiger partial charge in [-0.2, -0.15) is 0 Å². The second-order valence-electron chi connectivity index (χ2n) is 4.28. The Labute approximate surface area is 112 Å². The fourth-order valence-electron chi connectivity index (χ4n) is 2.23. The van der Waals surface area contributed by atoms with Crippen LogP contribution < -0.4 is 11.1 Å². The van der Waals surface area contributed by atoms with Crippen molar-refractivity contribution >= 4 is 24.0 Å². The van der Waals surface area contributed by atoms with Crippen LogP contribution in [-0.4, -0.2) is 13.1 Å². The zero-order valence-corrected chi connectivity index (χ0v) is 11.0. The molecule has 2 nitrogen and oxygen atoms in total. The summed E-state index contributed by atoms with van der Waals surface area (Å²) in [4.78, 5) is 0. The third-order valence-corrected chi connectivity index (χ3v) is 3.55. The van der Waals surface area contributed by atoms with Crippen LogP contribution in [0.25, 0.3) is 0 Å². The molecular formula is C12H17Cl2FN2. The van der Waals surface area contributed by atoms with Gasteiger partial charge < -0.3 is 11.1 Å². The van der Waals surface area contributed by atoms with Crippen molar-refractivity contribution in [1.29, 1.82) is 0 Å². The number of benzene rings is 1. The van der Waals surface area contributed by atoms with Crippen molar-refractivity contribution in [3.05, 3.63) is 34.6 Å². The lowest BCUT2D eigenvalue weighted by Crippen LogP contribution is -2.33. The van der Waals surface area contributed by atoms with Crippen molar-refractivity contribution in [3.8, 4) is 0 Å². The summed E-state index contributed by atoms with van der Waals surface area (Å²) >= 11 is 6.05. The molecule has 1 aliphatic heterocycles. The van der Waals surface area contributed by atoms with Gasteiger partial charge in [0.2, 0.25) is 0 Å². The zero-order chi connectivity index (χ0) is 11.5. The summed E-state index contributed by atoms with van der Waals surface area (Å²) in [6, 6.07) is 4.23. The Bertz CT molecular complexity index is 368. The van der Waals surface area contributed by atoms with E-state index in [0.717, 1.165) is 31.5 Å². The molecule has 1 atom stereocenters. The molecule has 0 amide bonds. The predicted octanol–water partition coefficient (Wildman–Crippen LogP) is 2.90. The maximum absolute atomic E-state index is 13.1. The van der Waals surface area contributed by atoms with E-state index in [1.165, 1.54) is 12.1 Å². The van der Waals surface area contributed by atoms with Crippen LogP contribution in [0.5, 0.6) is 0 Å². The largest absolute Gasteiger partial charge is 0.324 e. The monoisotopic (exact) mass is 278 g/mol. The molecule has 3 N–H and O–H groups in total. The van der Waals surface area contributed by atoms with E-state index in [4.69, 9.17) is 17.3 Å². The predicted molar refractivity (Wildman–Crippen MR) is 71.2 cm³/mol. The lowest BCUT2D eigenvalue weighted by molar-refractivity contribution is 0.321. The molecular weight excluding hydrogens is 262 g/mol. The topological polar surface area (TPSA) is 38.0 Å². The highest BCUT2D eigenvalue weighted by Crippen LogP contribution is 2.31. The van der Waals surface area contributed by atoms with Gasteiger partial charge in [-0.1, -0.05) is 11.6 Å². The second kappa shape index (κ2) is 6.55. The van der Waals surface area contributed by atoms with E-state index >= 15 is 0 Å². The van der Waals surface area contributed by atoms with E-state index in [0.29, 0.717) is 10.9 Å². The van der Waals surface area contributed by atoms with Crippen molar-refractivity contribution in [2.75, 3.05) is 13.1 Å². The van der Waals surface area contributed by atoms with Gasteiger partial charge in [0.15, 0.2) is 0 Å². The molecule has 0 aromatic heterocycles. The van der Waals surface area contributed by atoms with Gasteiger partial charge in [0.05, 0.1) is 0 Å². The zero-order valence-electron chi connectivity index (χ0n) is 9.46. The Kier molecular flexibility index (Phi) is 5.67. The summed E-state index contributed by atoms with van der Waals surface area (Å²) in [7, 11) is 0. The summed E-state index contributed by atoms with van der Waals surface area (Å²) in [6.07, 6.45) is 2.04. The second-order valence-corrected chi connectivity index (χ2v) is 4.69. The first-order valence-electron chi connectivity index (χ1n) is 5.59. The Balaban J connectivity index is 0.00000144. The van der Waals surface area contributed by atoms with Crippen LogP contribution in [0.3, 0.4) is 0 Å². The average Bonchev–Trinajstić information content (AvgIpc) is 2.32. The van der Waals surface area contributed by atoms with Gasteiger partial charge in [-0.25, -0.2) is 4.39 Å². The molecule has 1 saturated heterocycles. The molecule has 0 unspecified atom stereocenters. The minimum atomic E-state index is -0.274. The van der Waals surface area contributed by atoms with Gasteiger partial charge >= 0.3 is 0 Å². The molecule has 0 aliphatic carbocycles. The van der Waals surface area contributed by atoms with Crippen molar-refractivity contribution in [3.63, 3.8) is 0 Å². The number of hydrogen-bond donors (Lipinski definition) is 2. The fraction of sp³-hybridized carbons (Fsp3) is 0.500. The van der Waals surface area contributed by atoms with Gasteiger partial charge in [0, 0.05) is 11.1 Å². The van der Waals surface area contributed by atoms with Crippen LogP contribution in [-0.2, 0) is 0 Å². The normalized spacial score (nSPS) is 18.5. The molecule has 1 aromatic carbocycles. The van der Waals surface area contributed by atoms with Crippen molar-refractivity contribution in [2.45, 2.75) is 18.9 Å². The summed E-state index contributed by atoms with van der Waals surface area (Å²) in [5.41, 5.74) is 6.89. The first-order chi connectivity index (χ1) is 7.68. The maximum atomic E-state index is 13.1. The van der Waals surface area contributed by atoms with E-state index in [9.17, 15) is 4.39 Å². The van der Waals surface area contributed by atoms with E-state index in [1.807, 2.05) is 0 Å². The number of rotatable bonds is 2. The number of hydrogen-bond acceptors (Lipinski definition) is 2. The number of halogens is 3. The number of piperidine rings is 1. The highest BCUT2D eigenvalue weighted by molar-refractivity contribution is 6.31. The highest BCUT2D eigenvalue weighted by Gasteiger charge is 2.23. The summed E-state index contributed by atoms with van der Waals surface area (Å²) in [5, 5.41) is 3.85. The van der Waals surface area contributed by atoms with Crippen molar-refractivity contribution < 1.29 is 4.39 Å². The van der Waals surface area contributed by atoms with Gasteiger partial charge in [0.1, 0.15) is 5.82 Å². The van der Waals surface area contributed by atoms with E-state index in [2.05, 4.69) is 5.32 Å². The van der Waals surface area contributed by atoms with E-state index in [1.54, 1.807) is 6.07 Å². The van der Waals surface area contributed by atoms with Gasteiger partial charge in [-0.05, 0) is 55.6 Å². The highest BCUT2D eigenvalue weighted by atomic mass is 35.5. The molecule has 0 bridgehead atoms. The lowest BCUT2D eigenvalue weighted by atomic mass is 9.86. The minimum Gasteiger partial charge on any atom is -0.324 e. The number of nitrogens with one attached hydrogen (secondary N) is 1.